The van der Waals surface area contributed by atoms with Gasteiger partial charge in [-0.15, -0.1) is 0 Å². The number of anilines is 1. The smallest absolute Gasteiger partial charge is 0.221 e. The monoisotopic (exact) mass is 207 g/mol. The van der Waals surface area contributed by atoms with E-state index in [4.69, 9.17) is 4.74 Å². The zero-order valence-corrected chi connectivity index (χ0v) is 9.46. The third kappa shape index (κ3) is 3.27. The zero-order valence-electron chi connectivity index (χ0n) is 9.46. The first-order valence-corrected chi connectivity index (χ1v) is 5.15. The van der Waals surface area contributed by atoms with E-state index in [9.17, 15) is 4.79 Å². The zero-order chi connectivity index (χ0) is 11.3. The summed E-state index contributed by atoms with van der Waals surface area (Å²) in [5.74, 6) is 0.665. The van der Waals surface area contributed by atoms with Gasteiger partial charge in [0.2, 0.25) is 5.91 Å². The molecule has 1 aromatic rings. The summed E-state index contributed by atoms with van der Waals surface area (Å²) in [4.78, 5) is 11.0. The molecule has 0 aromatic heterocycles. The van der Waals surface area contributed by atoms with E-state index in [0.29, 0.717) is 6.61 Å². The molecule has 3 heteroatoms. The van der Waals surface area contributed by atoms with Crippen molar-refractivity contribution in [3.05, 3.63) is 23.8 Å². The van der Waals surface area contributed by atoms with Gasteiger partial charge in [-0.05, 0) is 25.0 Å². The van der Waals surface area contributed by atoms with Crippen molar-refractivity contribution in [2.45, 2.75) is 27.2 Å². The molecule has 1 amide bonds. The number of benzene rings is 1. The van der Waals surface area contributed by atoms with E-state index in [1.807, 2.05) is 32.0 Å². The molecule has 1 aromatic carbocycles. The third-order valence-electron chi connectivity index (χ3n) is 2.00. The first-order valence-electron chi connectivity index (χ1n) is 5.15. The summed E-state index contributed by atoms with van der Waals surface area (Å²) < 4.78 is 5.55. The standard InChI is InChI=1S/C12H17NO2/c1-4-8-15-11-7-5-6-9(2)12(11)13-10(3)14/h5-7H,4,8H2,1-3H3,(H,13,14). The van der Waals surface area contributed by atoms with Crippen LogP contribution in [-0.4, -0.2) is 12.5 Å². The van der Waals surface area contributed by atoms with Gasteiger partial charge in [-0.3, -0.25) is 4.79 Å². The van der Waals surface area contributed by atoms with Crippen LogP contribution < -0.4 is 10.1 Å². The molecule has 0 atom stereocenters. The number of para-hydroxylation sites is 1. The van der Waals surface area contributed by atoms with Gasteiger partial charge in [0, 0.05) is 6.92 Å². The number of hydrogen-bond donors (Lipinski definition) is 1. The number of ether oxygens (including phenoxy) is 1. The molecule has 0 aliphatic carbocycles. The van der Waals surface area contributed by atoms with Crippen molar-refractivity contribution in [2.75, 3.05) is 11.9 Å². The lowest BCUT2D eigenvalue weighted by atomic mass is 10.2. The van der Waals surface area contributed by atoms with E-state index in [1.165, 1.54) is 6.92 Å². The van der Waals surface area contributed by atoms with E-state index in [2.05, 4.69) is 5.32 Å². The second kappa shape index (κ2) is 5.39. The molecule has 0 bridgehead atoms. The lowest BCUT2D eigenvalue weighted by molar-refractivity contribution is -0.114. The summed E-state index contributed by atoms with van der Waals surface area (Å²) >= 11 is 0. The van der Waals surface area contributed by atoms with Gasteiger partial charge in [0.05, 0.1) is 12.3 Å². The van der Waals surface area contributed by atoms with Crippen LogP contribution in [0.5, 0.6) is 5.75 Å². The molecule has 1 N–H and O–H groups in total. The van der Waals surface area contributed by atoms with Crippen LogP contribution in [-0.2, 0) is 4.79 Å². The fraction of sp³-hybridized carbons (Fsp3) is 0.417. The second-order valence-electron chi connectivity index (χ2n) is 3.48. The largest absolute Gasteiger partial charge is 0.491 e. The van der Waals surface area contributed by atoms with Crippen molar-refractivity contribution >= 4 is 11.6 Å². The summed E-state index contributed by atoms with van der Waals surface area (Å²) in [6, 6.07) is 5.74. The van der Waals surface area contributed by atoms with Crippen molar-refractivity contribution < 1.29 is 9.53 Å². The fourth-order valence-corrected chi connectivity index (χ4v) is 1.31. The average molecular weight is 207 g/mol. The molecule has 0 aliphatic rings. The van der Waals surface area contributed by atoms with Crippen molar-refractivity contribution in [3.63, 3.8) is 0 Å². The lowest BCUT2D eigenvalue weighted by Gasteiger charge is -2.13. The molecule has 0 fully saturated rings. The molecule has 15 heavy (non-hydrogen) atoms. The third-order valence-corrected chi connectivity index (χ3v) is 2.00. The maximum Gasteiger partial charge on any atom is 0.221 e. The Balaban J connectivity index is 2.92. The molecular formula is C12H17NO2. The number of carbonyl (C=O) groups excluding carboxylic acids is 1. The molecule has 0 aliphatic heterocycles. The van der Waals surface area contributed by atoms with Gasteiger partial charge in [0.1, 0.15) is 5.75 Å². The Hall–Kier alpha value is -1.51. The first kappa shape index (κ1) is 11.6. The summed E-state index contributed by atoms with van der Waals surface area (Å²) in [6.07, 6.45) is 0.952. The summed E-state index contributed by atoms with van der Waals surface area (Å²) in [6.45, 7) is 6.16. The van der Waals surface area contributed by atoms with E-state index in [-0.39, 0.29) is 5.91 Å². The van der Waals surface area contributed by atoms with Crippen molar-refractivity contribution in [1.29, 1.82) is 0 Å². The predicted molar refractivity (Wildman–Crippen MR) is 61.3 cm³/mol. The van der Waals surface area contributed by atoms with Crippen molar-refractivity contribution in [3.8, 4) is 5.75 Å². The van der Waals surface area contributed by atoms with Crippen LogP contribution in [0.2, 0.25) is 0 Å². The molecule has 0 unspecified atom stereocenters. The van der Waals surface area contributed by atoms with Crippen molar-refractivity contribution in [2.24, 2.45) is 0 Å². The highest BCUT2D eigenvalue weighted by Crippen LogP contribution is 2.27. The maximum absolute atomic E-state index is 11.0. The normalized spacial score (nSPS) is 9.80. The summed E-state index contributed by atoms with van der Waals surface area (Å²) in [7, 11) is 0. The Morgan fingerprint density at radius 1 is 1.47 bits per heavy atom. The first-order chi connectivity index (χ1) is 7.15. The Morgan fingerprint density at radius 3 is 2.80 bits per heavy atom. The number of rotatable bonds is 4. The van der Waals surface area contributed by atoms with Crippen LogP contribution in [0, 0.1) is 6.92 Å². The number of hydrogen-bond acceptors (Lipinski definition) is 2. The van der Waals surface area contributed by atoms with Crippen LogP contribution in [0.3, 0.4) is 0 Å². The van der Waals surface area contributed by atoms with Gasteiger partial charge in [-0.2, -0.15) is 0 Å². The quantitative estimate of drug-likeness (QED) is 0.824. The predicted octanol–water partition coefficient (Wildman–Crippen LogP) is 2.74. The Bertz CT molecular complexity index is 347. The lowest BCUT2D eigenvalue weighted by Crippen LogP contribution is -2.09. The minimum atomic E-state index is -0.0781. The fourth-order valence-electron chi connectivity index (χ4n) is 1.31. The highest BCUT2D eigenvalue weighted by molar-refractivity contribution is 5.91. The molecule has 0 heterocycles. The van der Waals surface area contributed by atoms with Gasteiger partial charge in [-0.1, -0.05) is 19.1 Å². The topological polar surface area (TPSA) is 38.3 Å². The van der Waals surface area contributed by atoms with Gasteiger partial charge < -0.3 is 10.1 Å². The summed E-state index contributed by atoms with van der Waals surface area (Å²) in [5, 5.41) is 2.79. The molecule has 0 saturated carbocycles. The minimum Gasteiger partial charge on any atom is -0.491 e. The number of amides is 1. The molecule has 1 rings (SSSR count). The Kier molecular flexibility index (Phi) is 4.16. The summed E-state index contributed by atoms with van der Waals surface area (Å²) in [5.41, 5.74) is 1.79. The average Bonchev–Trinajstić information content (AvgIpc) is 2.18. The second-order valence-corrected chi connectivity index (χ2v) is 3.48. The van der Waals surface area contributed by atoms with E-state index >= 15 is 0 Å². The molecule has 0 spiro atoms. The van der Waals surface area contributed by atoms with E-state index in [1.54, 1.807) is 0 Å². The molecule has 0 radical (unpaired) electrons. The van der Waals surface area contributed by atoms with Gasteiger partial charge in [0.15, 0.2) is 0 Å². The van der Waals surface area contributed by atoms with Crippen molar-refractivity contribution in [1.82, 2.24) is 0 Å². The minimum absolute atomic E-state index is 0.0781. The molecule has 0 saturated heterocycles. The number of carbonyl (C=O) groups is 1. The van der Waals surface area contributed by atoms with Gasteiger partial charge in [0.25, 0.3) is 0 Å². The maximum atomic E-state index is 11.0. The number of nitrogens with one attached hydrogen (secondary N) is 1. The van der Waals surface area contributed by atoms with Gasteiger partial charge >= 0.3 is 0 Å². The van der Waals surface area contributed by atoms with E-state index in [0.717, 1.165) is 23.4 Å². The van der Waals surface area contributed by atoms with Gasteiger partial charge in [-0.25, -0.2) is 0 Å². The highest BCUT2D eigenvalue weighted by atomic mass is 16.5. The Morgan fingerprint density at radius 2 is 2.20 bits per heavy atom. The van der Waals surface area contributed by atoms with Crippen LogP contribution in [0.1, 0.15) is 25.8 Å². The molecular weight excluding hydrogens is 190 g/mol. The van der Waals surface area contributed by atoms with Crippen LogP contribution >= 0.6 is 0 Å². The number of aryl methyl sites for hydroxylation is 1. The van der Waals surface area contributed by atoms with Crippen LogP contribution in [0.15, 0.2) is 18.2 Å². The van der Waals surface area contributed by atoms with Crippen LogP contribution in [0.4, 0.5) is 5.69 Å². The highest BCUT2D eigenvalue weighted by Gasteiger charge is 2.07. The molecule has 82 valence electrons. The van der Waals surface area contributed by atoms with E-state index < -0.39 is 0 Å². The molecule has 3 nitrogen and oxygen atoms in total. The SMILES string of the molecule is CCCOc1cccc(C)c1NC(C)=O. The van der Waals surface area contributed by atoms with Crippen LogP contribution in [0.25, 0.3) is 0 Å². The Labute approximate surface area is 90.4 Å².